The molecule has 1 saturated heterocycles. The fraction of sp³-hybridized carbons (Fsp3) is 0.258. The van der Waals surface area contributed by atoms with Gasteiger partial charge in [0.15, 0.2) is 11.6 Å². The first kappa shape index (κ1) is 26.4. The molecule has 1 amide bonds. The molecule has 3 heterocycles. The monoisotopic (exact) mass is 549 g/mol. The first-order chi connectivity index (χ1) is 19.7. The van der Waals surface area contributed by atoms with Crippen molar-refractivity contribution < 1.29 is 14.3 Å². The van der Waals surface area contributed by atoms with Crippen LogP contribution in [-0.4, -0.2) is 49.9 Å². The van der Waals surface area contributed by atoms with Gasteiger partial charge in [-0.25, -0.2) is 14.8 Å². The van der Waals surface area contributed by atoms with Crippen molar-refractivity contribution in [2.45, 2.75) is 45.3 Å². The standard InChI is InChI=1S/C31H31N7O3/c1-31(2,3)41-30(40)38-25-16-7-5-13-22(25)28(37-38)36-27-21-12-4-6-14-23(21)34-26(35-27)19-10-8-11-20(18-19)33-29(39)24-15-9-17-32-24/h4-8,10-14,16,18,24,32H,9,15,17H2,1-3H3,(H,33,39)(H,34,35,36,37)/t24-/m1/s1. The summed E-state index contributed by atoms with van der Waals surface area (Å²) in [6.07, 6.45) is 1.25. The third-order valence-electron chi connectivity index (χ3n) is 6.76. The maximum atomic E-state index is 13.0. The highest BCUT2D eigenvalue weighted by atomic mass is 16.6. The summed E-state index contributed by atoms with van der Waals surface area (Å²) < 4.78 is 6.85. The predicted molar refractivity (Wildman–Crippen MR) is 159 cm³/mol. The molecule has 10 heteroatoms. The van der Waals surface area contributed by atoms with Gasteiger partial charge in [0, 0.05) is 22.0 Å². The molecule has 1 fully saturated rings. The molecule has 6 rings (SSSR count). The molecule has 1 atom stereocenters. The largest absolute Gasteiger partial charge is 0.442 e. The first-order valence-corrected chi connectivity index (χ1v) is 13.6. The lowest BCUT2D eigenvalue weighted by molar-refractivity contribution is -0.117. The fourth-order valence-corrected chi connectivity index (χ4v) is 4.89. The zero-order valence-corrected chi connectivity index (χ0v) is 23.1. The van der Waals surface area contributed by atoms with E-state index in [0.717, 1.165) is 41.2 Å². The van der Waals surface area contributed by atoms with Crippen LogP contribution in [0.5, 0.6) is 0 Å². The van der Waals surface area contributed by atoms with Gasteiger partial charge >= 0.3 is 6.09 Å². The first-order valence-electron chi connectivity index (χ1n) is 13.6. The van der Waals surface area contributed by atoms with E-state index in [-0.39, 0.29) is 11.9 Å². The SMILES string of the molecule is CC(C)(C)OC(=O)n1nc(Nc2nc(-c3cccc(NC(=O)[C@H]4CCCN4)c3)nc3ccccc23)c2ccccc21. The van der Waals surface area contributed by atoms with Crippen LogP contribution in [0.2, 0.25) is 0 Å². The number of para-hydroxylation sites is 2. The molecule has 3 aromatic carbocycles. The number of ether oxygens (including phenoxy) is 1. The Labute approximate surface area is 237 Å². The molecule has 0 aliphatic carbocycles. The highest BCUT2D eigenvalue weighted by molar-refractivity contribution is 6.00. The summed E-state index contributed by atoms with van der Waals surface area (Å²) in [5.74, 6) is 1.44. The van der Waals surface area contributed by atoms with Crippen molar-refractivity contribution in [2.24, 2.45) is 0 Å². The van der Waals surface area contributed by atoms with Crippen molar-refractivity contribution in [3.8, 4) is 11.4 Å². The third-order valence-corrected chi connectivity index (χ3v) is 6.76. The van der Waals surface area contributed by atoms with Crippen molar-refractivity contribution in [3.05, 3.63) is 72.8 Å². The van der Waals surface area contributed by atoms with E-state index in [4.69, 9.17) is 14.7 Å². The normalized spacial score (nSPS) is 15.2. The summed E-state index contributed by atoms with van der Waals surface area (Å²) in [5, 5.41) is 15.7. The Morgan fingerprint density at radius 2 is 1.73 bits per heavy atom. The lowest BCUT2D eigenvalue weighted by Crippen LogP contribution is -2.35. The number of rotatable bonds is 5. The number of carbonyl (C=O) groups is 2. The molecule has 0 spiro atoms. The lowest BCUT2D eigenvalue weighted by atomic mass is 10.1. The van der Waals surface area contributed by atoms with Gasteiger partial charge in [0.25, 0.3) is 0 Å². The van der Waals surface area contributed by atoms with Crippen molar-refractivity contribution in [2.75, 3.05) is 17.2 Å². The average Bonchev–Trinajstić information content (AvgIpc) is 3.62. The number of fused-ring (bicyclic) bond motifs is 2. The molecule has 1 aliphatic rings. The second kappa shape index (κ2) is 10.6. The van der Waals surface area contributed by atoms with Crippen LogP contribution in [0, 0.1) is 0 Å². The van der Waals surface area contributed by atoms with Crippen LogP contribution < -0.4 is 16.0 Å². The van der Waals surface area contributed by atoms with E-state index in [0.29, 0.717) is 28.7 Å². The highest BCUT2D eigenvalue weighted by Crippen LogP contribution is 2.31. The average molecular weight is 550 g/mol. The molecule has 208 valence electrons. The Morgan fingerprint density at radius 1 is 0.951 bits per heavy atom. The van der Waals surface area contributed by atoms with Crippen molar-refractivity contribution in [1.29, 1.82) is 0 Å². The van der Waals surface area contributed by atoms with E-state index in [9.17, 15) is 9.59 Å². The minimum Gasteiger partial charge on any atom is -0.442 e. The zero-order chi connectivity index (χ0) is 28.6. The number of hydrogen-bond acceptors (Lipinski definition) is 8. The lowest BCUT2D eigenvalue weighted by Gasteiger charge is -2.19. The Bertz CT molecular complexity index is 1770. The number of nitrogens with one attached hydrogen (secondary N) is 3. The molecule has 0 saturated carbocycles. The van der Waals surface area contributed by atoms with Crippen molar-refractivity contribution >= 4 is 51.1 Å². The second-order valence-corrected chi connectivity index (χ2v) is 11.0. The van der Waals surface area contributed by atoms with Crippen LogP contribution in [0.1, 0.15) is 33.6 Å². The number of hydrogen-bond donors (Lipinski definition) is 3. The van der Waals surface area contributed by atoms with Crippen LogP contribution in [0.15, 0.2) is 72.8 Å². The van der Waals surface area contributed by atoms with E-state index < -0.39 is 11.7 Å². The van der Waals surface area contributed by atoms with Gasteiger partial charge in [-0.15, -0.1) is 5.10 Å². The summed E-state index contributed by atoms with van der Waals surface area (Å²) in [5.41, 5.74) is 2.11. The molecule has 3 N–H and O–H groups in total. The number of carbonyl (C=O) groups excluding carboxylic acids is 2. The van der Waals surface area contributed by atoms with E-state index in [1.165, 1.54) is 4.68 Å². The quantitative estimate of drug-likeness (QED) is 0.249. The number of benzene rings is 3. The third kappa shape index (κ3) is 5.59. The zero-order valence-electron chi connectivity index (χ0n) is 23.1. The summed E-state index contributed by atoms with van der Waals surface area (Å²) in [7, 11) is 0. The van der Waals surface area contributed by atoms with E-state index in [2.05, 4.69) is 21.0 Å². The topological polar surface area (TPSA) is 123 Å². The highest BCUT2D eigenvalue weighted by Gasteiger charge is 2.24. The maximum Gasteiger partial charge on any atom is 0.435 e. The molecule has 0 radical (unpaired) electrons. The van der Waals surface area contributed by atoms with Gasteiger partial charge in [-0.1, -0.05) is 36.4 Å². The van der Waals surface area contributed by atoms with Gasteiger partial charge in [0.2, 0.25) is 5.91 Å². The molecular formula is C31H31N7O3. The minimum absolute atomic E-state index is 0.0473. The Kier molecular flexibility index (Phi) is 6.84. The molecule has 5 aromatic rings. The molecule has 1 aliphatic heterocycles. The number of amides is 1. The van der Waals surface area contributed by atoms with E-state index in [1.54, 1.807) is 0 Å². The fourth-order valence-electron chi connectivity index (χ4n) is 4.89. The molecular weight excluding hydrogens is 518 g/mol. The molecule has 41 heavy (non-hydrogen) atoms. The van der Waals surface area contributed by atoms with E-state index >= 15 is 0 Å². The summed E-state index contributed by atoms with van der Waals surface area (Å²) in [6, 6.07) is 22.4. The summed E-state index contributed by atoms with van der Waals surface area (Å²) in [4.78, 5) is 35.3. The molecule has 10 nitrogen and oxygen atoms in total. The Balaban J connectivity index is 1.37. The number of nitrogens with zero attached hydrogens (tertiary/aromatic N) is 4. The van der Waals surface area contributed by atoms with Crippen LogP contribution in [0.25, 0.3) is 33.2 Å². The van der Waals surface area contributed by atoms with Gasteiger partial charge in [-0.2, -0.15) is 4.68 Å². The summed E-state index contributed by atoms with van der Waals surface area (Å²) >= 11 is 0. The summed E-state index contributed by atoms with van der Waals surface area (Å²) in [6.45, 7) is 6.30. The van der Waals surface area contributed by atoms with Gasteiger partial charge < -0.3 is 20.7 Å². The van der Waals surface area contributed by atoms with Crippen molar-refractivity contribution in [1.82, 2.24) is 25.1 Å². The maximum absolute atomic E-state index is 13.0. The van der Waals surface area contributed by atoms with Crippen LogP contribution in [-0.2, 0) is 9.53 Å². The van der Waals surface area contributed by atoms with Gasteiger partial charge in [0.05, 0.1) is 17.1 Å². The molecule has 2 aromatic heterocycles. The minimum atomic E-state index is -0.670. The van der Waals surface area contributed by atoms with Gasteiger partial charge in [-0.3, -0.25) is 4.79 Å². The second-order valence-electron chi connectivity index (χ2n) is 11.0. The molecule has 0 unspecified atom stereocenters. The van der Waals surface area contributed by atoms with Gasteiger partial charge in [0.1, 0.15) is 11.4 Å². The van der Waals surface area contributed by atoms with E-state index in [1.807, 2.05) is 93.6 Å². The number of anilines is 3. The van der Waals surface area contributed by atoms with Crippen LogP contribution in [0.4, 0.5) is 22.1 Å². The van der Waals surface area contributed by atoms with Crippen LogP contribution >= 0.6 is 0 Å². The Hall–Kier alpha value is -4.83. The predicted octanol–water partition coefficient (Wildman–Crippen LogP) is 5.86. The van der Waals surface area contributed by atoms with Crippen LogP contribution in [0.3, 0.4) is 0 Å². The van der Waals surface area contributed by atoms with Crippen molar-refractivity contribution in [3.63, 3.8) is 0 Å². The smallest absolute Gasteiger partial charge is 0.435 e. The van der Waals surface area contributed by atoms with Gasteiger partial charge in [-0.05, 0) is 76.6 Å². The number of aromatic nitrogens is 4. The molecule has 0 bridgehead atoms. The Morgan fingerprint density at radius 3 is 2.51 bits per heavy atom.